The molecule has 2 rings (SSSR count). The Morgan fingerprint density at radius 2 is 2.05 bits per heavy atom. The lowest BCUT2D eigenvalue weighted by atomic mass is 9.91. The standard InChI is InChI=1S/C16H25ClN2O/c1-11(2)13-9-19(10-15(13)18(3)4)8-12-5-6-16(20)14(17)7-12/h5-7,11,13,15,20H,8-10H2,1-4H3/t13-,15+/m0/s1. The zero-order valence-electron chi connectivity index (χ0n) is 12.8. The summed E-state index contributed by atoms with van der Waals surface area (Å²) in [5.41, 5.74) is 1.16. The molecule has 4 heteroatoms. The molecule has 1 aliphatic heterocycles. The van der Waals surface area contributed by atoms with Gasteiger partial charge in [0.25, 0.3) is 0 Å². The smallest absolute Gasteiger partial charge is 0.134 e. The largest absolute Gasteiger partial charge is 0.506 e. The first-order valence-electron chi connectivity index (χ1n) is 7.24. The first-order chi connectivity index (χ1) is 9.38. The van der Waals surface area contributed by atoms with Gasteiger partial charge >= 0.3 is 0 Å². The maximum absolute atomic E-state index is 9.48. The maximum Gasteiger partial charge on any atom is 0.134 e. The predicted octanol–water partition coefficient (Wildman–Crippen LogP) is 3.06. The van der Waals surface area contributed by atoms with Crippen molar-refractivity contribution in [1.82, 2.24) is 9.80 Å². The number of phenolic OH excluding ortho intramolecular Hbond substituents is 1. The van der Waals surface area contributed by atoms with Crippen LogP contribution in [-0.2, 0) is 6.54 Å². The highest BCUT2D eigenvalue weighted by atomic mass is 35.5. The van der Waals surface area contributed by atoms with Crippen LogP contribution in [0.2, 0.25) is 5.02 Å². The molecule has 0 spiro atoms. The van der Waals surface area contributed by atoms with E-state index in [0.29, 0.717) is 22.9 Å². The Hall–Kier alpha value is -0.770. The number of phenols is 1. The molecular formula is C16H25ClN2O. The molecule has 0 bridgehead atoms. The third-order valence-corrected chi connectivity index (χ3v) is 4.65. The number of halogens is 1. The summed E-state index contributed by atoms with van der Waals surface area (Å²) in [6.45, 7) is 7.73. The van der Waals surface area contributed by atoms with Crippen LogP contribution in [-0.4, -0.2) is 48.1 Å². The first-order valence-corrected chi connectivity index (χ1v) is 7.62. The highest BCUT2D eigenvalue weighted by molar-refractivity contribution is 6.32. The summed E-state index contributed by atoms with van der Waals surface area (Å²) in [4.78, 5) is 4.83. The van der Waals surface area contributed by atoms with Crippen LogP contribution in [0.15, 0.2) is 18.2 Å². The Bertz CT molecular complexity index is 446. The zero-order valence-corrected chi connectivity index (χ0v) is 13.6. The fourth-order valence-corrected chi connectivity index (χ4v) is 3.33. The minimum Gasteiger partial charge on any atom is -0.506 e. The summed E-state index contributed by atoms with van der Waals surface area (Å²) in [6.07, 6.45) is 0. The summed E-state index contributed by atoms with van der Waals surface area (Å²) in [6, 6.07) is 6.11. The van der Waals surface area contributed by atoms with Gasteiger partial charge in [-0.2, -0.15) is 0 Å². The van der Waals surface area contributed by atoms with Crippen LogP contribution >= 0.6 is 11.6 Å². The Morgan fingerprint density at radius 3 is 2.55 bits per heavy atom. The van der Waals surface area contributed by atoms with Gasteiger partial charge < -0.3 is 10.0 Å². The van der Waals surface area contributed by atoms with Gasteiger partial charge in [-0.15, -0.1) is 0 Å². The van der Waals surface area contributed by atoms with E-state index < -0.39 is 0 Å². The monoisotopic (exact) mass is 296 g/mol. The molecule has 112 valence electrons. The van der Waals surface area contributed by atoms with Crippen molar-refractivity contribution in [2.24, 2.45) is 11.8 Å². The highest BCUT2D eigenvalue weighted by Gasteiger charge is 2.35. The van der Waals surface area contributed by atoms with Crippen molar-refractivity contribution in [3.8, 4) is 5.75 Å². The van der Waals surface area contributed by atoms with Crippen LogP contribution in [0.5, 0.6) is 5.75 Å². The number of nitrogens with zero attached hydrogens (tertiary/aromatic N) is 2. The Labute approximate surface area is 127 Å². The summed E-state index contributed by atoms with van der Waals surface area (Å²) in [5, 5.41) is 9.92. The second-order valence-corrected chi connectivity index (χ2v) is 6.83. The van der Waals surface area contributed by atoms with Gasteiger partial charge in [-0.3, -0.25) is 4.90 Å². The fourth-order valence-electron chi connectivity index (χ4n) is 3.13. The molecule has 0 radical (unpaired) electrons. The number of aromatic hydroxyl groups is 1. The lowest BCUT2D eigenvalue weighted by Gasteiger charge is -2.27. The number of rotatable bonds is 4. The summed E-state index contributed by atoms with van der Waals surface area (Å²) < 4.78 is 0. The number of likely N-dealkylation sites (N-methyl/N-ethyl adjacent to an activating group) is 1. The van der Waals surface area contributed by atoms with E-state index in [1.807, 2.05) is 12.1 Å². The summed E-state index contributed by atoms with van der Waals surface area (Å²) >= 11 is 5.98. The number of hydrogen-bond donors (Lipinski definition) is 1. The van der Waals surface area contributed by atoms with Crippen molar-refractivity contribution in [3.63, 3.8) is 0 Å². The highest BCUT2D eigenvalue weighted by Crippen LogP contribution is 2.29. The third kappa shape index (κ3) is 3.46. The average molecular weight is 297 g/mol. The molecular weight excluding hydrogens is 272 g/mol. The molecule has 0 unspecified atom stereocenters. The maximum atomic E-state index is 9.48. The Balaban J connectivity index is 2.05. The number of hydrogen-bond acceptors (Lipinski definition) is 3. The van der Waals surface area contributed by atoms with Crippen molar-refractivity contribution in [3.05, 3.63) is 28.8 Å². The minimum absolute atomic E-state index is 0.156. The van der Waals surface area contributed by atoms with E-state index in [9.17, 15) is 5.11 Å². The van der Waals surface area contributed by atoms with Gasteiger partial charge in [-0.1, -0.05) is 31.5 Å². The van der Waals surface area contributed by atoms with Crippen LogP contribution in [0.4, 0.5) is 0 Å². The van der Waals surface area contributed by atoms with Crippen molar-refractivity contribution in [2.45, 2.75) is 26.4 Å². The fraction of sp³-hybridized carbons (Fsp3) is 0.625. The molecule has 20 heavy (non-hydrogen) atoms. The molecule has 0 amide bonds. The lowest BCUT2D eigenvalue weighted by molar-refractivity contribution is 0.215. The normalized spacial score (nSPS) is 23.9. The Kier molecular flexibility index (Phi) is 4.95. The van der Waals surface area contributed by atoms with Gasteiger partial charge in [0.1, 0.15) is 5.75 Å². The topological polar surface area (TPSA) is 26.7 Å². The second kappa shape index (κ2) is 6.33. The van der Waals surface area contributed by atoms with Crippen molar-refractivity contribution >= 4 is 11.6 Å². The average Bonchev–Trinajstić information content (AvgIpc) is 2.78. The van der Waals surface area contributed by atoms with Crippen LogP contribution < -0.4 is 0 Å². The first kappa shape index (κ1) is 15.6. The van der Waals surface area contributed by atoms with E-state index in [1.165, 1.54) is 0 Å². The van der Waals surface area contributed by atoms with E-state index >= 15 is 0 Å². The molecule has 0 saturated carbocycles. The van der Waals surface area contributed by atoms with Crippen LogP contribution in [0.25, 0.3) is 0 Å². The SMILES string of the molecule is CC(C)[C@@H]1CN(Cc2ccc(O)c(Cl)c2)C[C@H]1N(C)C. The van der Waals surface area contributed by atoms with E-state index in [4.69, 9.17) is 11.6 Å². The predicted molar refractivity (Wildman–Crippen MR) is 84.2 cm³/mol. The minimum atomic E-state index is 0.156. The van der Waals surface area contributed by atoms with Gasteiger partial charge in [0.05, 0.1) is 5.02 Å². The molecule has 0 aliphatic carbocycles. The van der Waals surface area contributed by atoms with Gasteiger partial charge in [-0.05, 0) is 43.6 Å². The van der Waals surface area contributed by atoms with Crippen LogP contribution in [0.1, 0.15) is 19.4 Å². The molecule has 1 aromatic carbocycles. The quantitative estimate of drug-likeness (QED) is 0.925. The Morgan fingerprint density at radius 1 is 1.35 bits per heavy atom. The molecule has 1 aromatic rings. The molecule has 3 nitrogen and oxygen atoms in total. The molecule has 1 aliphatic rings. The van der Waals surface area contributed by atoms with Gasteiger partial charge in [0.2, 0.25) is 0 Å². The molecule has 1 fully saturated rings. The van der Waals surface area contributed by atoms with E-state index in [-0.39, 0.29) is 5.75 Å². The van der Waals surface area contributed by atoms with Gasteiger partial charge in [0, 0.05) is 25.7 Å². The number of likely N-dealkylation sites (tertiary alicyclic amines) is 1. The molecule has 0 aromatic heterocycles. The summed E-state index contributed by atoms with van der Waals surface area (Å²) in [5.74, 6) is 1.55. The van der Waals surface area contributed by atoms with Crippen molar-refractivity contribution in [2.75, 3.05) is 27.2 Å². The van der Waals surface area contributed by atoms with Gasteiger partial charge in [0.15, 0.2) is 0 Å². The molecule has 1 heterocycles. The second-order valence-electron chi connectivity index (χ2n) is 6.42. The molecule has 2 atom stereocenters. The van der Waals surface area contributed by atoms with Crippen LogP contribution in [0.3, 0.4) is 0 Å². The zero-order chi connectivity index (χ0) is 14.9. The van der Waals surface area contributed by atoms with E-state index in [1.54, 1.807) is 6.07 Å². The molecule has 1 saturated heterocycles. The van der Waals surface area contributed by atoms with Crippen molar-refractivity contribution < 1.29 is 5.11 Å². The number of benzene rings is 1. The summed E-state index contributed by atoms with van der Waals surface area (Å²) in [7, 11) is 4.34. The van der Waals surface area contributed by atoms with Gasteiger partial charge in [-0.25, -0.2) is 0 Å². The molecule has 1 N–H and O–H groups in total. The third-order valence-electron chi connectivity index (χ3n) is 4.35. The lowest BCUT2D eigenvalue weighted by Crippen LogP contribution is -2.37. The van der Waals surface area contributed by atoms with E-state index in [2.05, 4.69) is 37.7 Å². The van der Waals surface area contributed by atoms with E-state index in [0.717, 1.165) is 25.2 Å². The van der Waals surface area contributed by atoms with Crippen LogP contribution in [0, 0.1) is 11.8 Å². The van der Waals surface area contributed by atoms with Crippen molar-refractivity contribution in [1.29, 1.82) is 0 Å².